The average Bonchev–Trinajstić information content (AvgIpc) is 2.81. The fraction of sp³-hybridized carbons (Fsp3) is 0.143. The molecule has 0 fully saturated rings. The molecule has 5 heteroatoms. The zero-order valence-corrected chi connectivity index (χ0v) is 10.8. The Morgan fingerprint density at radius 2 is 1.89 bits per heavy atom. The van der Waals surface area contributed by atoms with Crippen molar-refractivity contribution in [2.45, 2.75) is 12.2 Å². The Bertz CT molecular complexity index is 733. The molecule has 2 N–H and O–H groups in total. The molecule has 4 nitrogen and oxygen atoms in total. The maximum Gasteiger partial charge on any atom is 0.235 e. The number of rotatable bonds is 0. The summed E-state index contributed by atoms with van der Waals surface area (Å²) in [5.41, 5.74) is 5.31. The molecule has 0 spiro atoms. The molecule has 2 heterocycles. The lowest BCUT2D eigenvalue weighted by atomic mass is 10.0. The van der Waals surface area contributed by atoms with Gasteiger partial charge in [-0.2, -0.15) is 0 Å². The number of hydrogen-bond acceptors (Lipinski definition) is 3. The second kappa shape index (κ2) is 3.74. The first kappa shape index (κ1) is 10.9. The summed E-state index contributed by atoms with van der Waals surface area (Å²) < 4.78 is 2.78. The minimum Gasteiger partial charge on any atom is -0.354 e. The van der Waals surface area contributed by atoms with E-state index in [4.69, 9.17) is 0 Å². The van der Waals surface area contributed by atoms with Gasteiger partial charge in [0.2, 0.25) is 11.7 Å². The first-order chi connectivity index (χ1) is 9.25. The van der Waals surface area contributed by atoms with Crippen LogP contribution in [0.15, 0.2) is 24.3 Å². The smallest absolute Gasteiger partial charge is 0.235 e. The summed E-state index contributed by atoms with van der Waals surface area (Å²) in [6, 6.07) is 7.64. The molecule has 0 saturated heterocycles. The summed E-state index contributed by atoms with van der Waals surface area (Å²) >= 11 is 1.38. The number of aromatic nitrogens is 1. The van der Waals surface area contributed by atoms with Crippen molar-refractivity contribution in [1.29, 1.82) is 0 Å². The summed E-state index contributed by atoms with van der Waals surface area (Å²) in [7, 11) is 0. The standard InChI is InChI=1S/C14H10N2O2S/c17-11-5-10-9(6-19-16-11)12-7-3-1-2-4-8(7)14(18)13(12)15-10/h1-4,15H,5-6H2,(H,16,17). The third-order valence-electron chi connectivity index (χ3n) is 3.60. The molecule has 1 aliphatic carbocycles. The molecule has 0 radical (unpaired) electrons. The Morgan fingerprint density at radius 1 is 1.11 bits per heavy atom. The fourth-order valence-electron chi connectivity index (χ4n) is 2.79. The van der Waals surface area contributed by atoms with Crippen molar-refractivity contribution >= 4 is 23.6 Å². The number of fused-ring (bicyclic) bond motifs is 5. The Balaban J connectivity index is 1.98. The number of carbonyl (C=O) groups excluding carboxylic acids is 2. The predicted octanol–water partition coefficient (Wildman–Crippen LogP) is 2.05. The number of carbonyl (C=O) groups is 2. The molecule has 0 unspecified atom stereocenters. The Morgan fingerprint density at radius 3 is 2.74 bits per heavy atom. The average molecular weight is 270 g/mol. The largest absolute Gasteiger partial charge is 0.354 e. The number of hydrogen-bond donors (Lipinski definition) is 2. The van der Waals surface area contributed by atoms with E-state index >= 15 is 0 Å². The lowest BCUT2D eigenvalue weighted by Crippen LogP contribution is -2.16. The molecular weight excluding hydrogens is 260 g/mol. The highest BCUT2D eigenvalue weighted by molar-refractivity contribution is 7.97. The quantitative estimate of drug-likeness (QED) is 0.615. The molecule has 4 rings (SSSR count). The van der Waals surface area contributed by atoms with Gasteiger partial charge in [-0.1, -0.05) is 24.3 Å². The second-order valence-corrected chi connectivity index (χ2v) is 5.48. The topological polar surface area (TPSA) is 62.0 Å². The van der Waals surface area contributed by atoms with Gasteiger partial charge in [-0.3, -0.25) is 14.3 Å². The number of amides is 1. The first-order valence-corrected chi connectivity index (χ1v) is 7.02. The van der Waals surface area contributed by atoms with Gasteiger partial charge in [0.15, 0.2) is 0 Å². The third kappa shape index (κ3) is 1.42. The summed E-state index contributed by atoms with van der Waals surface area (Å²) in [4.78, 5) is 27.1. The molecule has 1 aromatic heterocycles. The van der Waals surface area contributed by atoms with Gasteiger partial charge in [-0.15, -0.1) is 0 Å². The van der Waals surface area contributed by atoms with Crippen LogP contribution in [-0.2, 0) is 17.0 Å². The van der Waals surface area contributed by atoms with Crippen LogP contribution in [0.1, 0.15) is 27.3 Å². The third-order valence-corrected chi connectivity index (χ3v) is 4.40. The van der Waals surface area contributed by atoms with E-state index in [1.165, 1.54) is 11.9 Å². The maximum atomic E-state index is 12.3. The van der Waals surface area contributed by atoms with Crippen LogP contribution in [0.2, 0.25) is 0 Å². The highest BCUT2D eigenvalue weighted by Gasteiger charge is 2.33. The minimum absolute atomic E-state index is 0.0237. The Labute approximate surface area is 113 Å². The maximum absolute atomic E-state index is 12.3. The van der Waals surface area contributed by atoms with Crippen LogP contribution in [0.4, 0.5) is 0 Å². The van der Waals surface area contributed by atoms with Crippen LogP contribution in [0.5, 0.6) is 0 Å². The van der Waals surface area contributed by atoms with Crippen molar-refractivity contribution in [2.24, 2.45) is 0 Å². The first-order valence-electron chi connectivity index (χ1n) is 6.04. The highest BCUT2D eigenvalue weighted by atomic mass is 32.2. The molecule has 0 bridgehead atoms. The van der Waals surface area contributed by atoms with Gasteiger partial charge >= 0.3 is 0 Å². The van der Waals surface area contributed by atoms with Crippen LogP contribution in [0, 0.1) is 0 Å². The van der Waals surface area contributed by atoms with Crippen molar-refractivity contribution < 1.29 is 9.59 Å². The minimum atomic E-state index is -0.0237. The van der Waals surface area contributed by atoms with Gasteiger partial charge in [0, 0.05) is 22.6 Å². The van der Waals surface area contributed by atoms with Gasteiger partial charge in [0.1, 0.15) is 0 Å². The fourth-order valence-corrected chi connectivity index (χ4v) is 3.56. The van der Waals surface area contributed by atoms with Crippen LogP contribution in [-0.4, -0.2) is 16.7 Å². The van der Waals surface area contributed by atoms with Gasteiger partial charge in [0.25, 0.3) is 0 Å². The molecule has 0 saturated carbocycles. The van der Waals surface area contributed by atoms with Crippen LogP contribution < -0.4 is 4.72 Å². The van der Waals surface area contributed by atoms with Crippen molar-refractivity contribution in [1.82, 2.24) is 9.71 Å². The molecule has 1 aromatic carbocycles. The van der Waals surface area contributed by atoms with E-state index in [-0.39, 0.29) is 11.7 Å². The van der Waals surface area contributed by atoms with Crippen molar-refractivity contribution in [3.05, 3.63) is 46.8 Å². The van der Waals surface area contributed by atoms with E-state index in [1.807, 2.05) is 24.3 Å². The second-order valence-electron chi connectivity index (χ2n) is 4.70. The summed E-state index contributed by atoms with van der Waals surface area (Å²) in [6.45, 7) is 0. The van der Waals surface area contributed by atoms with E-state index in [9.17, 15) is 9.59 Å². The van der Waals surface area contributed by atoms with Crippen molar-refractivity contribution in [3.63, 3.8) is 0 Å². The SMILES string of the molecule is O=C1Cc2[nH]c3c(c2CSN1)-c1ccccc1C3=O. The van der Waals surface area contributed by atoms with E-state index in [0.29, 0.717) is 17.9 Å². The zero-order valence-electron chi connectivity index (χ0n) is 9.95. The number of ketones is 1. The number of H-pyrrole nitrogens is 1. The number of nitrogens with one attached hydrogen (secondary N) is 2. The lowest BCUT2D eigenvalue weighted by Gasteiger charge is -2.02. The summed E-state index contributed by atoms with van der Waals surface area (Å²) in [6.07, 6.45) is 0.310. The monoisotopic (exact) mass is 270 g/mol. The molecule has 94 valence electrons. The molecule has 0 atom stereocenters. The number of benzene rings is 1. The van der Waals surface area contributed by atoms with Gasteiger partial charge in [0.05, 0.1) is 12.1 Å². The van der Waals surface area contributed by atoms with E-state index < -0.39 is 0 Å². The molecule has 1 amide bonds. The van der Waals surface area contributed by atoms with Gasteiger partial charge in [-0.05, 0) is 23.1 Å². The Hall–Kier alpha value is -2.01. The van der Waals surface area contributed by atoms with Crippen LogP contribution in [0.25, 0.3) is 11.1 Å². The summed E-state index contributed by atoms with van der Waals surface area (Å²) in [5, 5.41) is 0. The van der Waals surface area contributed by atoms with Crippen LogP contribution in [0.3, 0.4) is 0 Å². The molecular formula is C14H10N2O2S. The molecule has 19 heavy (non-hydrogen) atoms. The molecule has 2 aliphatic rings. The zero-order chi connectivity index (χ0) is 13.0. The number of aromatic amines is 1. The van der Waals surface area contributed by atoms with E-state index in [0.717, 1.165) is 27.9 Å². The van der Waals surface area contributed by atoms with Gasteiger partial charge < -0.3 is 4.98 Å². The predicted molar refractivity (Wildman–Crippen MR) is 72.8 cm³/mol. The lowest BCUT2D eigenvalue weighted by molar-refractivity contribution is -0.118. The van der Waals surface area contributed by atoms with Crippen LogP contribution >= 0.6 is 11.9 Å². The van der Waals surface area contributed by atoms with E-state index in [2.05, 4.69) is 9.71 Å². The normalized spacial score (nSPS) is 16.4. The Kier molecular flexibility index (Phi) is 2.14. The summed E-state index contributed by atoms with van der Waals surface area (Å²) in [5.74, 6) is 0.697. The van der Waals surface area contributed by atoms with Crippen molar-refractivity contribution in [2.75, 3.05) is 0 Å². The molecule has 2 aromatic rings. The van der Waals surface area contributed by atoms with Gasteiger partial charge in [-0.25, -0.2) is 0 Å². The van der Waals surface area contributed by atoms with Crippen molar-refractivity contribution in [3.8, 4) is 11.1 Å². The van der Waals surface area contributed by atoms with E-state index in [1.54, 1.807) is 0 Å². The molecule has 1 aliphatic heterocycles. The highest BCUT2D eigenvalue weighted by Crippen LogP contribution is 2.41.